The molecule has 0 aliphatic carbocycles. The highest BCUT2D eigenvalue weighted by Gasteiger charge is 2.46. The molecule has 0 amide bonds. The minimum atomic E-state index is 0.249. The van der Waals surface area contributed by atoms with E-state index in [-0.39, 0.29) is 4.75 Å². The Morgan fingerprint density at radius 3 is 2.73 bits per heavy atom. The third-order valence-electron chi connectivity index (χ3n) is 3.26. The Morgan fingerprint density at radius 1 is 1.33 bits per heavy atom. The molecule has 2 bridgehead atoms. The molecule has 0 spiro atoms. The third-order valence-corrected chi connectivity index (χ3v) is 5.67. The molecule has 0 aromatic heterocycles. The predicted molar refractivity (Wildman–Crippen MR) is 67.0 cm³/mol. The number of benzene rings is 1. The standard InChI is InChI=1S/C11H11Cl2NS/c12-9-2-1-7(3-10(9)13)11-4-8(5-15-11)14-6-11/h1-3,8,14H,4-6H2. The SMILES string of the molecule is Clc1ccc(C23CNC(CS2)C3)cc1Cl. The van der Waals surface area contributed by atoms with Gasteiger partial charge in [-0.05, 0) is 24.1 Å². The lowest BCUT2D eigenvalue weighted by atomic mass is 9.96. The molecular formula is C11H11Cl2NS. The van der Waals surface area contributed by atoms with Crippen molar-refractivity contribution in [2.45, 2.75) is 17.2 Å². The summed E-state index contributed by atoms with van der Waals surface area (Å²) in [7, 11) is 0. The highest BCUT2D eigenvalue weighted by Crippen LogP contribution is 2.50. The van der Waals surface area contributed by atoms with Gasteiger partial charge >= 0.3 is 0 Å². The number of rotatable bonds is 1. The minimum Gasteiger partial charge on any atom is -0.311 e. The van der Waals surface area contributed by atoms with Crippen molar-refractivity contribution < 1.29 is 0 Å². The largest absolute Gasteiger partial charge is 0.311 e. The van der Waals surface area contributed by atoms with E-state index in [2.05, 4.69) is 11.4 Å². The van der Waals surface area contributed by atoms with E-state index in [0.29, 0.717) is 16.1 Å². The fraction of sp³-hybridized carbons (Fsp3) is 0.455. The molecule has 15 heavy (non-hydrogen) atoms. The Bertz CT molecular complexity index is 400. The minimum absolute atomic E-state index is 0.249. The van der Waals surface area contributed by atoms with Gasteiger partial charge in [-0.1, -0.05) is 29.3 Å². The molecule has 1 nitrogen and oxygen atoms in total. The summed E-state index contributed by atoms with van der Waals surface area (Å²) < 4.78 is 0.249. The van der Waals surface area contributed by atoms with E-state index in [1.807, 2.05) is 23.9 Å². The number of hydrogen-bond acceptors (Lipinski definition) is 2. The van der Waals surface area contributed by atoms with Crippen LogP contribution in [0.5, 0.6) is 0 Å². The maximum absolute atomic E-state index is 6.06. The molecule has 1 N–H and O–H groups in total. The Kier molecular flexibility index (Phi) is 2.44. The molecule has 2 heterocycles. The van der Waals surface area contributed by atoms with E-state index in [4.69, 9.17) is 23.2 Å². The van der Waals surface area contributed by atoms with Crippen molar-refractivity contribution in [2.75, 3.05) is 12.3 Å². The van der Waals surface area contributed by atoms with Gasteiger partial charge in [0, 0.05) is 18.3 Å². The first kappa shape index (κ1) is 10.3. The first-order valence-electron chi connectivity index (χ1n) is 5.02. The molecule has 1 aromatic rings. The summed E-state index contributed by atoms with van der Waals surface area (Å²) >= 11 is 14.0. The van der Waals surface area contributed by atoms with Crippen LogP contribution >= 0.6 is 35.0 Å². The van der Waals surface area contributed by atoms with E-state index in [0.717, 1.165) is 6.54 Å². The van der Waals surface area contributed by atoms with Crippen LogP contribution in [-0.4, -0.2) is 18.3 Å². The molecule has 80 valence electrons. The van der Waals surface area contributed by atoms with Crippen LogP contribution in [0.3, 0.4) is 0 Å². The van der Waals surface area contributed by atoms with Crippen molar-refractivity contribution in [2.24, 2.45) is 0 Å². The van der Waals surface area contributed by atoms with Crippen LogP contribution in [0.25, 0.3) is 0 Å². The Morgan fingerprint density at radius 2 is 2.20 bits per heavy atom. The van der Waals surface area contributed by atoms with E-state index in [9.17, 15) is 0 Å². The van der Waals surface area contributed by atoms with Crippen molar-refractivity contribution in [3.05, 3.63) is 33.8 Å². The van der Waals surface area contributed by atoms with Crippen molar-refractivity contribution >= 4 is 35.0 Å². The fourth-order valence-corrected chi connectivity index (χ4v) is 4.27. The van der Waals surface area contributed by atoms with Gasteiger partial charge in [0.15, 0.2) is 0 Å². The van der Waals surface area contributed by atoms with Crippen LogP contribution in [0, 0.1) is 0 Å². The molecule has 2 atom stereocenters. The average Bonchev–Trinajstić information content (AvgIpc) is 2.83. The molecule has 2 saturated heterocycles. The Labute approximate surface area is 104 Å². The summed E-state index contributed by atoms with van der Waals surface area (Å²) in [4.78, 5) is 0. The normalized spacial score (nSPS) is 33.6. The summed E-state index contributed by atoms with van der Waals surface area (Å²) in [5.41, 5.74) is 1.31. The summed E-state index contributed by atoms with van der Waals surface area (Å²) in [5.74, 6) is 1.21. The number of halogens is 2. The zero-order valence-corrected chi connectivity index (χ0v) is 10.4. The quantitative estimate of drug-likeness (QED) is 0.831. The van der Waals surface area contributed by atoms with Gasteiger partial charge in [0.05, 0.1) is 14.8 Å². The molecule has 0 radical (unpaired) electrons. The van der Waals surface area contributed by atoms with E-state index < -0.39 is 0 Å². The lowest BCUT2D eigenvalue weighted by Crippen LogP contribution is -2.31. The zero-order chi connectivity index (χ0) is 10.5. The summed E-state index contributed by atoms with van der Waals surface area (Å²) in [6.07, 6.45) is 1.22. The summed E-state index contributed by atoms with van der Waals surface area (Å²) in [5, 5.41) is 4.84. The molecule has 2 fully saturated rings. The number of hydrogen-bond donors (Lipinski definition) is 1. The first-order chi connectivity index (χ1) is 7.20. The maximum atomic E-state index is 6.06. The first-order valence-corrected chi connectivity index (χ1v) is 6.77. The highest BCUT2D eigenvalue weighted by atomic mass is 35.5. The number of fused-ring (bicyclic) bond motifs is 2. The van der Waals surface area contributed by atoms with Gasteiger partial charge in [-0.25, -0.2) is 0 Å². The summed E-state index contributed by atoms with van der Waals surface area (Å²) in [6.45, 7) is 1.06. The van der Waals surface area contributed by atoms with Gasteiger partial charge in [-0.15, -0.1) is 11.8 Å². The average molecular weight is 260 g/mol. The van der Waals surface area contributed by atoms with Crippen LogP contribution in [0.15, 0.2) is 18.2 Å². The van der Waals surface area contributed by atoms with Crippen LogP contribution in [0.4, 0.5) is 0 Å². The van der Waals surface area contributed by atoms with Gasteiger partial charge in [0.25, 0.3) is 0 Å². The molecule has 4 heteroatoms. The lowest BCUT2D eigenvalue weighted by molar-refractivity contribution is 0.679. The molecule has 2 aliphatic rings. The molecule has 3 rings (SSSR count). The number of nitrogens with one attached hydrogen (secondary N) is 1. The van der Waals surface area contributed by atoms with Crippen molar-refractivity contribution in [3.63, 3.8) is 0 Å². The second-order valence-electron chi connectivity index (χ2n) is 4.22. The molecule has 2 unspecified atom stereocenters. The van der Waals surface area contributed by atoms with Crippen molar-refractivity contribution in [3.8, 4) is 0 Å². The lowest BCUT2D eigenvalue weighted by Gasteiger charge is -2.26. The molecular weight excluding hydrogens is 249 g/mol. The highest BCUT2D eigenvalue weighted by molar-refractivity contribution is 8.00. The summed E-state index contributed by atoms with van der Waals surface area (Å²) in [6, 6.07) is 6.72. The Hall–Kier alpha value is 0.110. The van der Waals surface area contributed by atoms with Gasteiger partial charge < -0.3 is 5.32 Å². The second-order valence-corrected chi connectivity index (χ2v) is 6.43. The van der Waals surface area contributed by atoms with Gasteiger partial charge in [0.1, 0.15) is 0 Å². The molecule has 0 saturated carbocycles. The topological polar surface area (TPSA) is 12.0 Å². The van der Waals surface area contributed by atoms with Gasteiger partial charge in [-0.2, -0.15) is 0 Å². The van der Waals surface area contributed by atoms with Crippen LogP contribution < -0.4 is 5.32 Å². The second kappa shape index (κ2) is 3.56. The zero-order valence-electron chi connectivity index (χ0n) is 8.09. The molecule has 2 aliphatic heterocycles. The van der Waals surface area contributed by atoms with E-state index >= 15 is 0 Å². The third kappa shape index (κ3) is 1.59. The van der Waals surface area contributed by atoms with Crippen molar-refractivity contribution in [1.29, 1.82) is 0 Å². The van der Waals surface area contributed by atoms with Crippen LogP contribution in [0.1, 0.15) is 12.0 Å². The monoisotopic (exact) mass is 259 g/mol. The smallest absolute Gasteiger partial charge is 0.0595 e. The fourth-order valence-electron chi connectivity index (χ4n) is 2.42. The predicted octanol–water partition coefficient (Wildman–Crippen LogP) is 3.30. The maximum Gasteiger partial charge on any atom is 0.0595 e. The van der Waals surface area contributed by atoms with Crippen LogP contribution in [-0.2, 0) is 4.75 Å². The van der Waals surface area contributed by atoms with E-state index in [1.165, 1.54) is 17.7 Å². The molecule has 1 aromatic carbocycles. The van der Waals surface area contributed by atoms with Gasteiger partial charge in [-0.3, -0.25) is 0 Å². The van der Waals surface area contributed by atoms with Gasteiger partial charge in [0.2, 0.25) is 0 Å². The number of thioether (sulfide) groups is 1. The Balaban J connectivity index is 2.02. The van der Waals surface area contributed by atoms with Crippen LogP contribution in [0.2, 0.25) is 10.0 Å². The van der Waals surface area contributed by atoms with Crippen molar-refractivity contribution in [1.82, 2.24) is 5.32 Å². The van der Waals surface area contributed by atoms with E-state index in [1.54, 1.807) is 0 Å².